The van der Waals surface area contributed by atoms with Gasteiger partial charge in [-0.3, -0.25) is 4.79 Å². The van der Waals surface area contributed by atoms with Crippen LogP contribution >= 0.6 is 0 Å². The highest BCUT2D eigenvalue weighted by Crippen LogP contribution is 2.12. The van der Waals surface area contributed by atoms with E-state index < -0.39 is 18.6 Å². The van der Waals surface area contributed by atoms with Crippen molar-refractivity contribution >= 4 is 11.9 Å². The maximum atomic E-state index is 11.6. The Morgan fingerprint density at radius 2 is 2.15 bits per heavy atom. The van der Waals surface area contributed by atoms with E-state index in [2.05, 4.69) is 10.1 Å². The second-order valence-electron chi connectivity index (χ2n) is 4.24. The van der Waals surface area contributed by atoms with Crippen LogP contribution in [0.1, 0.15) is 12.0 Å². The lowest BCUT2D eigenvalue weighted by Crippen LogP contribution is -2.44. The summed E-state index contributed by atoms with van der Waals surface area (Å²) in [5.41, 5.74) is 1.07. The molecule has 0 radical (unpaired) electrons. The summed E-state index contributed by atoms with van der Waals surface area (Å²) in [7, 11) is 1.19. The fraction of sp³-hybridized carbons (Fsp3) is 0.429. The van der Waals surface area contributed by atoms with E-state index >= 15 is 0 Å². The quantitative estimate of drug-likeness (QED) is 0.707. The molecule has 0 aliphatic rings. The third-order valence-corrected chi connectivity index (χ3v) is 2.59. The number of esters is 1. The number of carbonyl (C=O) groups is 2. The highest BCUT2D eigenvalue weighted by atomic mass is 16.5. The number of rotatable bonds is 7. The molecular weight excluding hydrogens is 262 g/mol. The van der Waals surface area contributed by atoms with E-state index in [1.807, 2.05) is 25.1 Å². The molecule has 0 heterocycles. The standard InChI is InChI=1S/C14H19NO5/c1-10-4-3-5-11(8-10)20-7-6-13(17)15-12(9-16)14(18)19-2/h3-5,8,12,16H,6-7,9H2,1-2H3,(H,15,17). The van der Waals surface area contributed by atoms with Crippen LogP contribution in [0.4, 0.5) is 0 Å². The average Bonchev–Trinajstić information content (AvgIpc) is 2.44. The highest BCUT2D eigenvalue weighted by molar-refractivity contribution is 5.84. The number of hydrogen-bond acceptors (Lipinski definition) is 5. The van der Waals surface area contributed by atoms with Gasteiger partial charge >= 0.3 is 5.97 Å². The van der Waals surface area contributed by atoms with E-state index in [1.165, 1.54) is 7.11 Å². The molecule has 1 unspecified atom stereocenters. The Hall–Kier alpha value is -2.08. The highest BCUT2D eigenvalue weighted by Gasteiger charge is 2.20. The van der Waals surface area contributed by atoms with Crippen molar-refractivity contribution in [1.29, 1.82) is 0 Å². The van der Waals surface area contributed by atoms with Gasteiger partial charge in [0.1, 0.15) is 5.75 Å². The lowest BCUT2D eigenvalue weighted by Gasteiger charge is -2.14. The van der Waals surface area contributed by atoms with Gasteiger partial charge in [0.15, 0.2) is 6.04 Å². The fourth-order valence-electron chi connectivity index (χ4n) is 1.55. The van der Waals surface area contributed by atoms with Gasteiger partial charge in [-0.05, 0) is 24.6 Å². The van der Waals surface area contributed by atoms with Crippen LogP contribution in [0.3, 0.4) is 0 Å². The molecule has 1 amide bonds. The second kappa shape index (κ2) is 8.16. The molecule has 0 aromatic heterocycles. The first-order valence-electron chi connectivity index (χ1n) is 6.24. The molecule has 0 aliphatic heterocycles. The number of aliphatic hydroxyl groups excluding tert-OH is 1. The Balaban J connectivity index is 2.34. The number of carbonyl (C=O) groups excluding carboxylic acids is 2. The van der Waals surface area contributed by atoms with Crippen LogP contribution in [0, 0.1) is 6.92 Å². The number of ether oxygens (including phenoxy) is 2. The van der Waals surface area contributed by atoms with Crippen LogP contribution in [0.25, 0.3) is 0 Å². The minimum atomic E-state index is -1.04. The molecule has 20 heavy (non-hydrogen) atoms. The predicted octanol–water partition coefficient (Wildman–Crippen LogP) is 0.414. The molecule has 2 N–H and O–H groups in total. The maximum absolute atomic E-state index is 11.6. The molecule has 0 fully saturated rings. The number of hydrogen-bond donors (Lipinski definition) is 2. The Labute approximate surface area is 117 Å². The molecule has 1 aromatic carbocycles. The number of aryl methyl sites for hydroxylation is 1. The van der Waals surface area contributed by atoms with Crippen LogP contribution < -0.4 is 10.1 Å². The van der Waals surface area contributed by atoms with Crippen LogP contribution in [0.15, 0.2) is 24.3 Å². The monoisotopic (exact) mass is 281 g/mol. The van der Waals surface area contributed by atoms with E-state index in [0.717, 1.165) is 5.56 Å². The van der Waals surface area contributed by atoms with Crippen molar-refractivity contribution in [2.75, 3.05) is 20.3 Å². The zero-order valence-electron chi connectivity index (χ0n) is 11.6. The van der Waals surface area contributed by atoms with Gasteiger partial charge in [-0.2, -0.15) is 0 Å². The van der Waals surface area contributed by atoms with E-state index in [0.29, 0.717) is 5.75 Å². The van der Waals surface area contributed by atoms with Crippen molar-refractivity contribution in [3.05, 3.63) is 29.8 Å². The lowest BCUT2D eigenvalue weighted by atomic mass is 10.2. The predicted molar refractivity (Wildman–Crippen MR) is 72.3 cm³/mol. The summed E-state index contributed by atoms with van der Waals surface area (Å²) in [6.45, 7) is 1.63. The molecule has 1 rings (SSSR count). The van der Waals surface area contributed by atoms with Gasteiger partial charge in [-0.15, -0.1) is 0 Å². The van der Waals surface area contributed by atoms with E-state index in [-0.39, 0.29) is 18.9 Å². The normalized spacial score (nSPS) is 11.6. The van der Waals surface area contributed by atoms with Gasteiger partial charge in [-0.1, -0.05) is 12.1 Å². The van der Waals surface area contributed by atoms with Gasteiger partial charge in [0, 0.05) is 0 Å². The minimum absolute atomic E-state index is 0.0848. The van der Waals surface area contributed by atoms with Crippen LogP contribution in [0.2, 0.25) is 0 Å². The van der Waals surface area contributed by atoms with Crippen LogP contribution in [0.5, 0.6) is 5.75 Å². The second-order valence-corrected chi connectivity index (χ2v) is 4.24. The Morgan fingerprint density at radius 1 is 1.40 bits per heavy atom. The molecule has 6 heteroatoms. The molecule has 0 bridgehead atoms. The third kappa shape index (κ3) is 5.27. The van der Waals surface area contributed by atoms with Gasteiger partial charge in [0.25, 0.3) is 0 Å². The van der Waals surface area contributed by atoms with Gasteiger partial charge in [0.2, 0.25) is 5.91 Å². The summed E-state index contributed by atoms with van der Waals surface area (Å²) in [5, 5.41) is 11.3. The fourth-order valence-corrected chi connectivity index (χ4v) is 1.55. The lowest BCUT2D eigenvalue weighted by molar-refractivity contribution is -0.146. The number of benzene rings is 1. The van der Waals surface area contributed by atoms with Gasteiger partial charge in [-0.25, -0.2) is 4.79 Å². The summed E-state index contributed by atoms with van der Waals surface area (Å²) < 4.78 is 9.87. The van der Waals surface area contributed by atoms with E-state index in [4.69, 9.17) is 9.84 Å². The van der Waals surface area contributed by atoms with Gasteiger partial charge < -0.3 is 19.9 Å². The van der Waals surface area contributed by atoms with Crippen molar-refractivity contribution in [2.24, 2.45) is 0 Å². The minimum Gasteiger partial charge on any atom is -0.493 e. The first kappa shape index (κ1) is 16.0. The smallest absolute Gasteiger partial charge is 0.330 e. The summed E-state index contributed by atoms with van der Waals surface area (Å²) in [5.74, 6) is -0.382. The van der Waals surface area contributed by atoms with Gasteiger partial charge in [0.05, 0.1) is 26.7 Å². The van der Waals surface area contributed by atoms with Crippen LogP contribution in [-0.4, -0.2) is 43.3 Å². The maximum Gasteiger partial charge on any atom is 0.330 e. The molecule has 1 aromatic rings. The van der Waals surface area contributed by atoms with Crippen molar-refractivity contribution in [3.8, 4) is 5.75 Å². The molecule has 1 atom stereocenters. The molecule has 0 spiro atoms. The van der Waals surface area contributed by atoms with Crippen molar-refractivity contribution in [1.82, 2.24) is 5.32 Å². The first-order chi connectivity index (χ1) is 9.56. The molecule has 110 valence electrons. The largest absolute Gasteiger partial charge is 0.493 e. The number of amides is 1. The number of aliphatic hydroxyl groups is 1. The SMILES string of the molecule is COC(=O)C(CO)NC(=O)CCOc1cccc(C)c1. The summed E-state index contributed by atoms with van der Waals surface area (Å²) in [6, 6.07) is 6.44. The first-order valence-corrected chi connectivity index (χ1v) is 6.24. The summed E-state index contributed by atoms with van der Waals surface area (Å²) in [6.07, 6.45) is 0.0848. The third-order valence-electron chi connectivity index (χ3n) is 2.59. The summed E-state index contributed by atoms with van der Waals surface area (Å²) in [4.78, 5) is 22.8. The molecular formula is C14H19NO5. The molecule has 0 saturated heterocycles. The van der Waals surface area contributed by atoms with Crippen molar-refractivity contribution < 1.29 is 24.2 Å². The average molecular weight is 281 g/mol. The molecule has 0 aliphatic carbocycles. The van der Waals surface area contributed by atoms with E-state index in [9.17, 15) is 9.59 Å². The molecule has 6 nitrogen and oxygen atoms in total. The number of methoxy groups -OCH3 is 1. The number of nitrogens with one attached hydrogen (secondary N) is 1. The Morgan fingerprint density at radius 3 is 2.75 bits per heavy atom. The topological polar surface area (TPSA) is 84.9 Å². The van der Waals surface area contributed by atoms with Crippen LogP contribution in [-0.2, 0) is 14.3 Å². The zero-order chi connectivity index (χ0) is 15.0. The summed E-state index contributed by atoms with van der Waals surface area (Å²) >= 11 is 0. The van der Waals surface area contributed by atoms with E-state index in [1.54, 1.807) is 6.07 Å². The van der Waals surface area contributed by atoms with Crippen molar-refractivity contribution in [3.63, 3.8) is 0 Å². The Bertz CT molecular complexity index is 461. The molecule has 0 saturated carbocycles. The van der Waals surface area contributed by atoms with Crippen molar-refractivity contribution in [2.45, 2.75) is 19.4 Å². The Kier molecular flexibility index (Phi) is 6.52. The zero-order valence-corrected chi connectivity index (χ0v) is 11.6.